The SMILES string of the molecule is Brc1oc2ccccc2c1C[C@@H]1CCCN1.CC(C)(C)OC(=O)N1CCC[C@H]1Cc1c(Br)oc2ccccc12.CC(C)(C)OC(=O)N1CCC[C@H]1Cc1coc2ccccc12.CC(C)[C@H](N)C(=O)N1CCC[C@H]1Cc1c(Br)oc2ccccc12.CC(C)[C@H](NC(=O)OC(C)(C)C)C(=O)N1CCC[C@H]1Cc1c(Br)oc2ccccc12.CC(C)[C@H](NC(=O)[C@H](C)NC(=O)OC(C)(C)C)C(=O)N1CCC[C@H]1Cc1c(Br)oc2ccccc12. The second-order valence-corrected chi connectivity index (χ2v) is 48.3. The van der Waals surface area contributed by atoms with Crippen LogP contribution >= 0.6 is 79.6 Å². The van der Waals surface area contributed by atoms with Crippen molar-refractivity contribution in [1.82, 2.24) is 45.8 Å². The summed E-state index contributed by atoms with van der Waals surface area (Å²) in [5.74, 6) is -0.527. The standard InChI is InChI=1S/C26H36BrN3O5.C23H31BrN2O4.C18H23BrN2O2.C18H22BrNO3.C18H23NO3.C13H14BrNO/c1-15(2)21(29-23(31)16(3)28-25(33)35-26(4,5)6)24(32)30-13-9-10-17(30)14-19-18-11-7-8-12-20(18)34-22(19)27;1-14(2)19(25-22(28)30-23(3,4)5)21(27)26-12-8-9-15(26)13-17-16-10-6-7-11-18(16)29-20(17)24;1-11(2)16(20)18(22)21-9-5-6-12(21)10-14-13-7-3-4-8-15(13)23-17(14)19;1-18(2,3)23-17(21)20-10-6-7-12(20)11-14-13-8-4-5-9-15(13)22-16(14)19;1-18(2,3)22-17(20)19-10-6-7-14(19)11-13-12-21-16-9-5-4-8-15(13)16;14-13-11(8-9-4-3-7-15-9)10-5-1-2-6-12(10)16-13/h7-8,11-12,15-17,21H,9-10,13-14H2,1-6H3,(H,28,33)(H,29,31);6-7,10-11,14-15,19H,8-9,12-13H2,1-5H3,(H,25,28);3-4,7-8,11-12,16H,5-6,9-10,20H2,1-2H3;4-5,8-9,12H,6-7,10-11H2,1-3H3;4-5,8-9,12,14H,6-7,10-11H2,1-3H3;1-2,5-6,9,15H,3-4,7-8H2/t16-,17-,21-;15-,19-;12-,16-;12-;14-;9-/m000000/s1. The number of alkyl carbamates (subject to hydrolysis) is 2. The van der Waals surface area contributed by atoms with Crippen molar-refractivity contribution in [2.75, 3.05) is 39.3 Å². The van der Waals surface area contributed by atoms with Crippen molar-refractivity contribution >= 4 is 193 Å². The molecule has 33 heteroatoms. The van der Waals surface area contributed by atoms with Gasteiger partial charge in [-0.05, 0) is 346 Å². The number of hydrogen-bond acceptors (Lipinski definition) is 20. The summed E-state index contributed by atoms with van der Waals surface area (Å²) in [7, 11) is 0. The Morgan fingerprint density at radius 1 is 0.349 bits per heavy atom. The number of nitrogens with one attached hydrogen (secondary N) is 4. The first-order chi connectivity index (χ1) is 70.6. The number of fused-ring (bicyclic) bond motifs is 6. The van der Waals surface area contributed by atoms with Crippen molar-refractivity contribution in [3.05, 3.63) is 209 Å². The van der Waals surface area contributed by atoms with Crippen LogP contribution in [0.2, 0.25) is 0 Å². The van der Waals surface area contributed by atoms with Crippen molar-refractivity contribution in [2.24, 2.45) is 23.5 Å². The van der Waals surface area contributed by atoms with E-state index in [0.717, 1.165) is 223 Å². The minimum absolute atomic E-state index is 0.00951. The molecule has 8 amide bonds. The Bertz CT molecular complexity index is 6580. The molecule has 6 aromatic carbocycles. The lowest BCUT2D eigenvalue weighted by Crippen LogP contribution is -2.56. The summed E-state index contributed by atoms with van der Waals surface area (Å²) < 4.78 is 60.0. The van der Waals surface area contributed by atoms with Crippen molar-refractivity contribution in [3.63, 3.8) is 0 Å². The highest BCUT2D eigenvalue weighted by Gasteiger charge is 2.43. The molecule has 0 aliphatic carbocycles. The molecular weight excluding hydrogens is 2220 g/mol. The first kappa shape index (κ1) is 116. The largest absolute Gasteiger partial charge is 0.464 e. The number of carbonyl (C=O) groups excluding carboxylic acids is 8. The monoisotopic (exact) mass is 2360 g/mol. The van der Waals surface area contributed by atoms with Gasteiger partial charge in [0.05, 0.1) is 12.3 Å². The van der Waals surface area contributed by atoms with Crippen LogP contribution in [0, 0.1) is 17.8 Å². The zero-order valence-corrected chi connectivity index (χ0v) is 97.4. The van der Waals surface area contributed by atoms with Crippen molar-refractivity contribution in [3.8, 4) is 0 Å². The van der Waals surface area contributed by atoms with Gasteiger partial charge >= 0.3 is 24.4 Å². The summed E-state index contributed by atoms with van der Waals surface area (Å²) >= 11 is 17.7. The Balaban J connectivity index is 0.000000151. The molecule has 6 aromatic heterocycles. The van der Waals surface area contributed by atoms with Crippen LogP contribution in [0.15, 0.2) is 202 Å². The number of amides is 8. The normalized spacial score (nSPS) is 18.8. The Hall–Kier alpha value is -10.2. The average Bonchev–Trinajstić information content (AvgIpc) is 1.65. The minimum Gasteiger partial charge on any atom is -0.464 e. The van der Waals surface area contributed by atoms with Crippen molar-refractivity contribution in [1.29, 1.82) is 0 Å². The molecule has 0 saturated carbocycles. The number of hydrogen-bond donors (Lipinski definition) is 5. The molecule has 28 nitrogen and oxygen atoms in total. The minimum atomic E-state index is -0.846. The van der Waals surface area contributed by atoms with Crippen LogP contribution in [0.25, 0.3) is 65.8 Å². The van der Waals surface area contributed by atoms with E-state index in [9.17, 15) is 38.4 Å². The predicted octanol–water partition coefficient (Wildman–Crippen LogP) is 26.8. The molecule has 0 radical (unpaired) electrons. The molecule has 6 N–H and O–H groups in total. The maximum absolute atomic E-state index is 13.6. The molecule has 0 unspecified atom stereocenters. The lowest BCUT2D eigenvalue weighted by molar-refractivity contribution is -0.138. The van der Waals surface area contributed by atoms with Gasteiger partial charge in [0.25, 0.3) is 0 Å². The Kier molecular flexibility index (Phi) is 40.1. The van der Waals surface area contributed by atoms with Gasteiger partial charge in [0, 0.05) is 135 Å². The number of rotatable bonds is 22. The van der Waals surface area contributed by atoms with Crippen molar-refractivity contribution < 1.29 is 83.8 Å². The first-order valence-corrected chi connectivity index (χ1v) is 56.5. The van der Waals surface area contributed by atoms with Crippen LogP contribution < -0.4 is 27.0 Å². The second kappa shape index (κ2) is 51.5. The van der Waals surface area contributed by atoms with E-state index in [1.165, 1.54) is 23.8 Å². The molecule has 6 saturated heterocycles. The summed E-state index contributed by atoms with van der Waals surface area (Å²) in [5, 5.41) is 18.4. The van der Waals surface area contributed by atoms with Gasteiger partial charge in [-0.15, -0.1) is 0 Å². The maximum atomic E-state index is 13.6. The number of para-hydroxylation sites is 6. The van der Waals surface area contributed by atoms with E-state index in [2.05, 4.69) is 131 Å². The number of furan rings is 6. The van der Waals surface area contributed by atoms with E-state index in [0.29, 0.717) is 36.6 Å². The number of nitrogens with zero attached hydrogens (tertiary/aromatic N) is 5. The van der Waals surface area contributed by atoms with Crippen LogP contribution in [0.1, 0.15) is 242 Å². The first-order valence-electron chi connectivity index (χ1n) is 52.5. The van der Waals surface area contributed by atoms with Gasteiger partial charge < -0.3 is 97.0 Å². The molecule has 6 aliphatic rings. The molecule has 12 heterocycles. The fraction of sp³-hybridized carbons (Fsp3) is 0.517. The molecule has 12 aromatic rings. The zero-order valence-electron chi connectivity index (χ0n) is 89.5. The highest BCUT2D eigenvalue weighted by atomic mass is 79.9. The van der Waals surface area contributed by atoms with Gasteiger partial charge in [-0.1, -0.05) is 151 Å². The third-order valence-electron chi connectivity index (χ3n) is 27.6. The summed E-state index contributed by atoms with van der Waals surface area (Å²) in [5.41, 5.74) is 16.0. The smallest absolute Gasteiger partial charge is 0.410 e. The van der Waals surface area contributed by atoms with E-state index < -0.39 is 64.7 Å². The number of nitrogens with two attached hydrogens (primary N) is 1. The summed E-state index contributed by atoms with van der Waals surface area (Å²) in [6, 6.07) is 46.7. The van der Waals surface area contributed by atoms with Crippen LogP contribution in [0.4, 0.5) is 19.2 Å². The second-order valence-electron chi connectivity index (χ2n) is 44.7. The Morgan fingerprint density at radius 2 is 0.638 bits per heavy atom. The molecular formula is C116H149Br5N10O18. The van der Waals surface area contributed by atoms with Crippen molar-refractivity contribution in [2.45, 2.75) is 330 Å². The van der Waals surface area contributed by atoms with E-state index >= 15 is 0 Å². The molecule has 10 atom stereocenters. The topological polar surface area (TPSA) is 343 Å². The van der Waals surface area contributed by atoms with Gasteiger partial charge in [-0.3, -0.25) is 19.2 Å². The maximum Gasteiger partial charge on any atom is 0.410 e. The Morgan fingerprint density at radius 3 is 0.960 bits per heavy atom. The van der Waals surface area contributed by atoms with Gasteiger partial charge in [-0.25, -0.2) is 19.2 Å². The third-order valence-corrected chi connectivity index (χ3v) is 30.8. The molecule has 149 heavy (non-hydrogen) atoms. The highest BCUT2D eigenvalue weighted by Crippen LogP contribution is 2.42. The summed E-state index contributed by atoms with van der Waals surface area (Å²) in [6.07, 6.45) is 17.3. The molecule has 6 fully saturated rings. The zero-order chi connectivity index (χ0) is 108. The summed E-state index contributed by atoms with van der Waals surface area (Å²) in [6.45, 7) is 40.1. The lowest BCUT2D eigenvalue weighted by atomic mass is 9.99. The quantitative estimate of drug-likeness (QED) is 0.0394. The number of carbonyl (C=O) groups is 8. The van der Waals surface area contributed by atoms with Crippen LogP contribution in [0.3, 0.4) is 0 Å². The third kappa shape index (κ3) is 31.1. The fourth-order valence-corrected chi connectivity index (χ4v) is 23.0. The average molecular weight is 2370 g/mol. The van der Waals surface area contributed by atoms with Gasteiger partial charge in [0.15, 0.2) is 23.3 Å². The van der Waals surface area contributed by atoms with Gasteiger partial charge in [0.2, 0.25) is 23.6 Å². The van der Waals surface area contributed by atoms with E-state index in [4.69, 9.17) is 51.2 Å². The number of ether oxygens (including phenoxy) is 4. The van der Waals surface area contributed by atoms with Gasteiger partial charge in [0.1, 0.15) is 74.0 Å². The molecule has 806 valence electrons. The van der Waals surface area contributed by atoms with E-state index in [1.807, 2.05) is 250 Å². The molecule has 0 spiro atoms. The van der Waals surface area contributed by atoms with Crippen LogP contribution in [0.5, 0.6) is 0 Å². The van der Waals surface area contributed by atoms with Gasteiger partial charge in [-0.2, -0.15) is 0 Å². The number of halogens is 5. The predicted molar refractivity (Wildman–Crippen MR) is 602 cm³/mol. The number of benzene rings is 6. The molecule has 6 aliphatic heterocycles. The highest BCUT2D eigenvalue weighted by molar-refractivity contribution is 9.11. The van der Waals surface area contributed by atoms with E-state index in [1.54, 1.807) is 27.7 Å². The Labute approximate surface area is 917 Å². The van der Waals surface area contributed by atoms with Crippen LogP contribution in [-0.4, -0.2) is 195 Å². The lowest BCUT2D eigenvalue weighted by Gasteiger charge is -2.32. The summed E-state index contributed by atoms with van der Waals surface area (Å²) in [4.78, 5) is 111. The fourth-order valence-electron chi connectivity index (χ4n) is 20.2. The molecule has 18 rings (SSSR count). The molecule has 0 bridgehead atoms. The number of likely N-dealkylation sites (tertiary alicyclic amines) is 5. The van der Waals surface area contributed by atoms with Crippen LogP contribution in [-0.2, 0) is 76.7 Å². The van der Waals surface area contributed by atoms with E-state index in [-0.39, 0.29) is 77.9 Å².